The average molecular weight is 264 g/mol. The summed E-state index contributed by atoms with van der Waals surface area (Å²) in [5, 5.41) is 12.3. The number of methoxy groups -OCH3 is 1. The monoisotopic (exact) mass is 264 g/mol. The summed E-state index contributed by atoms with van der Waals surface area (Å²) in [5.41, 5.74) is 1.27. The first kappa shape index (κ1) is 14.2. The molecule has 1 aliphatic heterocycles. The molecule has 1 saturated heterocycles. The van der Waals surface area contributed by atoms with Crippen molar-refractivity contribution in [3.63, 3.8) is 0 Å². The molecule has 4 heteroatoms. The van der Waals surface area contributed by atoms with E-state index < -0.39 is 0 Å². The van der Waals surface area contributed by atoms with E-state index in [0.29, 0.717) is 6.04 Å². The van der Waals surface area contributed by atoms with Crippen LogP contribution in [0.25, 0.3) is 0 Å². The van der Waals surface area contributed by atoms with Crippen molar-refractivity contribution in [3.8, 4) is 5.75 Å². The van der Waals surface area contributed by atoms with Crippen LogP contribution in [0.15, 0.2) is 24.3 Å². The Morgan fingerprint density at radius 1 is 1.26 bits per heavy atom. The third-order valence-corrected chi connectivity index (χ3v) is 3.70. The van der Waals surface area contributed by atoms with Crippen LogP contribution in [-0.4, -0.2) is 44.5 Å². The topological polar surface area (TPSA) is 44.7 Å². The maximum Gasteiger partial charge on any atom is 0.119 e. The largest absolute Gasteiger partial charge is 0.497 e. The van der Waals surface area contributed by atoms with Crippen LogP contribution in [0.3, 0.4) is 0 Å². The predicted octanol–water partition coefficient (Wildman–Crippen LogP) is 1.64. The second-order valence-corrected chi connectivity index (χ2v) is 4.99. The second-order valence-electron chi connectivity index (χ2n) is 4.99. The first-order valence-corrected chi connectivity index (χ1v) is 7.06. The Kier molecular flexibility index (Phi) is 5.48. The molecule has 0 atom stereocenters. The Morgan fingerprint density at radius 3 is 2.53 bits per heavy atom. The summed E-state index contributed by atoms with van der Waals surface area (Å²) in [6.07, 6.45) is 3.17. The van der Waals surface area contributed by atoms with Gasteiger partial charge in [0.05, 0.1) is 7.11 Å². The SMILES string of the molecule is COc1ccc(N2CCC(NCCCO)CC2)cc1. The maximum absolute atomic E-state index is 8.77. The van der Waals surface area contributed by atoms with Crippen molar-refractivity contribution in [3.05, 3.63) is 24.3 Å². The molecular weight excluding hydrogens is 240 g/mol. The van der Waals surface area contributed by atoms with Crippen molar-refractivity contribution in [1.82, 2.24) is 5.32 Å². The average Bonchev–Trinajstić information content (AvgIpc) is 2.48. The first-order valence-electron chi connectivity index (χ1n) is 7.06. The highest BCUT2D eigenvalue weighted by Crippen LogP contribution is 2.22. The van der Waals surface area contributed by atoms with Crippen LogP contribution < -0.4 is 15.0 Å². The molecule has 2 N–H and O–H groups in total. The van der Waals surface area contributed by atoms with Crippen LogP contribution in [-0.2, 0) is 0 Å². The summed E-state index contributed by atoms with van der Waals surface area (Å²) in [7, 11) is 1.69. The summed E-state index contributed by atoms with van der Waals surface area (Å²) in [4.78, 5) is 2.42. The molecule has 0 aromatic heterocycles. The number of ether oxygens (including phenoxy) is 1. The molecule has 0 amide bonds. The summed E-state index contributed by atoms with van der Waals surface area (Å²) >= 11 is 0. The molecule has 0 aliphatic carbocycles. The summed E-state index contributed by atoms with van der Waals surface area (Å²) in [6, 6.07) is 8.87. The molecular formula is C15H24N2O2. The fraction of sp³-hybridized carbons (Fsp3) is 0.600. The van der Waals surface area contributed by atoms with E-state index in [4.69, 9.17) is 9.84 Å². The fourth-order valence-corrected chi connectivity index (χ4v) is 2.52. The van der Waals surface area contributed by atoms with E-state index in [2.05, 4.69) is 22.3 Å². The van der Waals surface area contributed by atoms with Crippen molar-refractivity contribution in [2.75, 3.05) is 38.3 Å². The number of benzene rings is 1. The molecule has 19 heavy (non-hydrogen) atoms. The predicted molar refractivity (Wildman–Crippen MR) is 77.9 cm³/mol. The Morgan fingerprint density at radius 2 is 1.95 bits per heavy atom. The quantitative estimate of drug-likeness (QED) is 0.767. The minimum Gasteiger partial charge on any atom is -0.497 e. The Labute approximate surface area is 115 Å². The normalized spacial score (nSPS) is 16.6. The number of rotatable bonds is 6. The van der Waals surface area contributed by atoms with Gasteiger partial charge in [0.1, 0.15) is 5.75 Å². The minimum absolute atomic E-state index is 0.275. The Bertz CT molecular complexity index is 359. The minimum atomic E-state index is 0.275. The molecule has 1 aromatic carbocycles. The zero-order chi connectivity index (χ0) is 13.5. The number of nitrogens with one attached hydrogen (secondary N) is 1. The third-order valence-electron chi connectivity index (χ3n) is 3.70. The van der Waals surface area contributed by atoms with Gasteiger partial charge in [-0.3, -0.25) is 0 Å². The van der Waals surface area contributed by atoms with Gasteiger partial charge in [0.2, 0.25) is 0 Å². The highest BCUT2D eigenvalue weighted by molar-refractivity contribution is 5.49. The standard InChI is InChI=1S/C15H24N2O2/c1-19-15-5-3-14(4-6-15)17-10-7-13(8-11-17)16-9-2-12-18/h3-6,13,16,18H,2,7-12H2,1H3. The van der Waals surface area contributed by atoms with Crippen LogP contribution in [0.2, 0.25) is 0 Å². The summed E-state index contributed by atoms with van der Waals surface area (Å²) in [6.45, 7) is 3.37. The molecule has 1 aromatic rings. The van der Waals surface area contributed by atoms with Gasteiger partial charge in [0.15, 0.2) is 0 Å². The van der Waals surface area contributed by atoms with Gasteiger partial charge < -0.3 is 20.1 Å². The van der Waals surface area contributed by atoms with Gasteiger partial charge in [-0.15, -0.1) is 0 Å². The summed E-state index contributed by atoms with van der Waals surface area (Å²) in [5.74, 6) is 0.907. The molecule has 1 heterocycles. The Hall–Kier alpha value is -1.26. The van der Waals surface area contributed by atoms with Crippen molar-refractivity contribution in [1.29, 1.82) is 0 Å². The van der Waals surface area contributed by atoms with Gasteiger partial charge in [-0.05, 0) is 50.1 Å². The lowest BCUT2D eigenvalue weighted by Gasteiger charge is -2.34. The van der Waals surface area contributed by atoms with Crippen molar-refractivity contribution in [2.45, 2.75) is 25.3 Å². The smallest absolute Gasteiger partial charge is 0.119 e. The van der Waals surface area contributed by atoms with Gasteiger partial charge in [-0.2, -0.15) is 0 Å². The van der Waals surface area contributed by atoms with E-state index in [0.717, 1.165) is 44.6 Å². The van der Waals surface area contributed by atoms with E-state index in [1.54, 1.807) is 7.11 Å². The van der Waals surface area contributed by atoms with E-state index in [1.165, 1.54) is 5.69 Å². The number of aliphatic hydroxyl groups is 1. The number of hydrogen-bond donors (Lipinski definition) is 2. The summed E-state index contributed by atoms with van der Waals surface area (Å²) < 4.78 is 5.18. The van der Waals surface area contributed by atoms with Crippen molar-refractivity contribution >= 4 is 5.69 Å². The molecule has 0 saturated carbocycles. The molecule has 0 unspecified atom stereocenters. The zero-order valence-corrected chi connectivity index (χ0v) is 11.6. The van der Waals surface area contributed by atoms with Crippen molar-refractivity contribution < 1.29 is 9.84 Å². The number of nitrogens with zero attached hydrogens (tertiary/aromatic N) is 1. The van der Waals surface area contributed by atoms with E-state index in [-0.39, 0.29) is 6.61 Å². The van der Waals surface area contributed by atoms with Gasteiger partial charge in [-0.1, -0.05) is 0 Å². The number of aliphatic hydroxyl groups excluding tert-OH is 1. The highest BCUT2D eigenvalue weighted by atomic mass is 16.5. The second kappa shape index (κ2) is 7.36. The van der Waals surface area contributed by atoms with Crippen LogP contribution >= 0.6 is 0 Å². The molecule has 2 rings (SSSR count). The number of anilines is 1. The van der Waals surface area contributed by atoms with Gasteiger partial charge in [-0.25, -0.2) is 0 Å². The van der Waals surface area contributed by atoms with Crippen LogP contribution in [0.5, 0.6) is 5.75 Å². The lowest BCUT2D eigenvalue weighted by Crippen LogP contribution is -2.42. The Balaban J connectivity index is 1.78. The van der Waals surface area contributed by atoms with Crippen LogP contribution in [0.4, 0.5) is 5.69 Å². The fourth-order valence-electron chi connectivity index (χ4n) is 2.52. The third kappa shape index (κ3) is 4.11. The van der Waals surface area contributed by atoms with Crippen LogP contribution in [0, 0.1) is 0 Å². The number of hydrogen-bond acceptors (Lipinski definition) is 4. The lowest BCUT2D eigenvalue weighted by atomic mass is 10.0. The molecule has 1 fully saturated rings. The highest BCUT2D eigenvalue weighted by Gasteiger charge is 2.18. The van der Waals surface area contributed by atoms with Gasteiger partial charge in [0, 0.05) is 31.4 Å². The zero-order valence-electron chi connectivity index (χ0n) is 11.6. The molecule has 0 radical (unpaired) electrons. The van der Waals surface area contributed by atoms with Crippen molar-refractivity contribution in [2.24, 2.45) is 0 Å². The molecule has 0 bridgehead atoms. The maximum atomic E-state index is 8.77. The van der Waals surface area contributed by atoms with E-state index >= 15 is 0 Å². The molecule has 106 valence electrons. The molecule has 1 aliphatic rings. The van der Waals surface area contributed by atoms with E-state index in [1.807, 2.05) is 12.1 Å². The van der Waals surface area contributed by atoms with Gasteiger partial charge in [0.25, 0.3) is 0 Å². The van der Waals surface area contributed by atoms with E-state index in [9.17, 15) is 0 Å². The lowest BCUT2D eigenvalue weighted by molar-refractivity contribution is 0.280. The van der Waals surface area contributed by atoms with Gasteiger partial charge >= 0.3 is 0 Å². The number of piperidine rings is 1. The molecule has 4 nitrogen and oxygen atoms in total. The first-order chi connectivity index (χ1) is 9.33. The van der Waals surface area contributed by atoms with Crippen LogP contribution in [0.1, 0.15) is 19.3 Å². The molecule has 0 spiro atoms.